The van der Waals surface area contributed by atoms with Crippen LogP contribution in [0.15, 0.2) is 42.6 Å². The smallest absolute Gasteiger partial charge is 0.343 e. The zero-order valence-corrected chi connectivity index (χ0v) is 13.8. The first-order valence-corrected chi connectivity index (χ1v) is 7.63. The number of nitrogens with two attached hydrogens (primary N) is 1. The number of methoxy groups -OCH3 is 1. The summed E-state index contributed by atoms with van der Waals surface area (Å²) in [7, 11) is 1.61. The van der Waals surface area contributed by atoms with Crippen LogP contribution in [-0.4, -0.2) is 39.7 Å². The molecule has 0 aliphatic carbocycles. The third kappa shape index (κ3) is 3.27. The number of nitrogen functional groups attached to an aromatic ring is 1. The average Bonchev–Trinajstić information content (AvgIpc) is 3.04. The predicted octanol–water partition coefficient (Wildman–Crippen LogP) is 2.10. The molecule has 128 valence electrons. The fourth-order valence-corrected chi connectivity index (χ4v) is 2.26. The van der Waals surface area contributed by atoms with Crippen molar-refractivity contribution >= 4 is 11.8 Å². The van der Waals surface area contributed by atoms with Crippen LogP contribution in [0.4, 0.5) is 5.82 Å². The SMILES string of the molecule is CCOC(=O)c1cnn(-c2ccc(-c3ccc(OC)cc3)nn2)c1N. The molecule has 25 heavy (non-hydrogen) atoms. The number of benzene rings is 1. The van der Waals surface area contributed by atoms with Crippen molar-refractivity contribution in [1.82, 2.24) is 20.0 Å². The summed E-state index contributed by atoms with van der Waals surface area (Å²) in [6.07, 6.45) is 1.35. The second-order valence-corrected chi connectivity index (χ2v) is 5.08. The molecule has 3 aromatic rings. The number of anilines is 1. The van der Waals surface area contributed by atoms with Crippen molar-refractivity contribution < 1.29 is 14.3 Å². The van der Waals surface area contributed by atoms with Gasteiger partial charge in [-0.2, -0.15) is 9.78 Å². The van der Waals surface area contributed by atoms with Gasteiger partial charge < -0.3 is 15.2 Å². The first-order chi connectivity index (χ1) is 12.1. The van der Waals surface area contributed by atoms with E-state index < -0.39 is 5.97 Å². The molecule has 8 nitrogen and oxygen atoms in total. The number of aromatic nitrogens is 4. The lowest BCUT2D eigenvalue weighted by Gasteiger charge is -2.06. The molecule has 3 rings (SSSR count). The monoisotopic (exact) mass is 339 g/mol. The number of carbonyl (C=O) groups excluding carboxylic acids is 1. The van der Waals surface area contributed by atoms with E-state index in [1.807, 2.05) is 24.3 Å². The minimum Gasteiger partial charge on any atom is -0.497 e. The summed E-state index contributed by atoms with van der Waals surface area (Å²) in [6.45, 7) is 1.99. The molecule has 2 heterocycles. The minimum atomic E-state index is -0.519. The minimum absolute atomic E-state index is 0.157. The predicted molar refractivity (Wildman–Crippen MR) is 91.5 cm³/mol. The van der Waals surface area contributed by atoms with Gasteiger partial charge in [-0.3, -0.25) is 0 Å². The molecule has 0 aliphatic rings. The highest BCUT2D eigenvalue weighted by Crippen LogP contribution is 2.21. The molecule has 0 bridgehead atoms. The summed E-state index contributed by atoms with van der Waals surface area (Å²) in [5, 5.41) is 12.4. The standard InChI is InChI=1S/C17H17N5O3/c1-3-25-17(23)13-10-19-22(16(13)18)15-9-8-14(20-21-15)11-4-6-12(24-2)7-5-11/h4-10H,3,18H2,1-2H3. The summed E-state index contributed by atoms with van der Waals surface area (Å²) in [6, 6.07) is 11.0. The van der Waals surface area contributed by atoms with Gasteiger partial charge in [-0.1, -0.05) is 0 Å². The molecule has 0 aliphatic heterocycles. The molecule has 2 aromatic heterocycles. The van der Waals surface area contributed by atoms with E-state index in [-0.39, 0.29) is 18.0 Å². The van der Waals surface area contributed by atoms with Gasteiger partial charge >= 0.3 is 5.97 Å². The second kappa shape index (κ2) is 7.00. The quantitative estimate of drug-likeness (QED) is 0.710. The van der Waals surface area contributed by atoms with Gasteiger partial charge in [0.25, 0.3) is 0 Å². The number of ether oxygens (including phenoxy) is 2. The van der Waals surface area contributed by atoms with E-state index in [1.165, 1.54) is 10.9 Å². The summed E-state index contributed by atoms with van der Waals surface area (Å²) in [4.78, 5) is 11.8. The normalized spacial score (nSPS) is 10.5. The molecule has 0 spiro atoms. The van der Waals surface area contributed by atoms with Crippen molar-refractivity contribution in [1.29, 1.82) is 0 Å². The second-order valence-electron chi connectivity index (χ2n) is 5.08. The Labute approximate surface area is 144 Å². The summed E-state index contributed by atoms with van der Waals surface area (Å²) >= 11 is 0. The molecule has 8 heteroatoms. The van der Waals surface area contributed by atoms with Gasteiger partial charge in [0.05, 0.1) is 25.6 Å². The number of carbonyl (C=O) groups is 1. The van der Waals surface area contributed by atoms with Crippen molar-refractivity contribution in [2.75, 3.05) is 19.5 Å². The summed E-state index contributed by atoms with van der Waals surface area (Å²) < 4.78 is 11.4. The number of hydrogen-bond acceptors (Lipinski definition) is 7. The lowest BCUT2D eigenvalue weighted by Crippen LogP contribution is -2.10. The van der Waals surface area contributed by atoms with E-state index in [4.69, 9.17) is 15.2 Å². The first kappa shape index (κ1) is 16.4. The van der Waals surface area contributed by atoms with Gasteiger partial charge in [0, 0.05) is 5.56 Å². The molecule has 0 saturated carbocycles. The number of nitrogens with zero attached hydrogens (tertiary/aromatic N) is 4. The zero-order chi connectivity index (χ0) is 17.8. The van der Waals surface area contributed by atoms with Gasteiger partial charge in [0.2, 0.25) is 0 Å². The van der Waals surface area contributed by atoms with E-state index in [0.717, 1.165) is 11.3 Å². The number of esters is 1. The summed E-state index contributed by atoms with van der Waals surface area (Å²) in [5.41, 5.74) is 7.76. The zero-order valence-electron chi connectivity index (χ0n) is 13.8. The Hall–Kier alpha value is -3.42. The maximum Gasteiger partial charge on any atom is 0.343 e. The number of hydrogen-bond donors (Lipinski definition) is 1. The van der Waals surface area contributed by atoms with E-state index in [0.29, 0.717) is 11.5 Å². The molecule has 0 saturated heterocycles. The highest BCUT2D eigenvalue weighted by molar-refractivity contribution is 5.94. The van der Waals surface area contributed by atoms with Crippen molar-refractivity contribution in [2.24, 2.45) is 0 Å². The molecule has 0 radical (unpaired) electrons. The van der Waals surface area contributed by atoms with Gasteiger partial charge in [-0.15, -0.1) is 10.2 Å². The molecule has 1 aromatic carbocycles. The average molecular weight is 339 g/mol. The van der Waals surface area contributed by atoms with Crippen LogP contribution < -0.4 is 10.5 Å². The van der Waals surface area contributed by atoms with Crippen molar-refractivity contribution in [3.8, 4) is 22.8 Å². The Morgan fingerprint density at radius 1 is 1.16 bits per heavy atom. The Balaban J connectivity index is 1.86. The Kier molecular flexibility index (Phi) is 4.60. The Morgan fingerprint density at radius 3 is 2.52 bits per heavy atom. The topological polar surface area (TPSA) is 105 Å². The Bertz CT molecular complexity index is 872. The molecular weight excluding hydrogens is 322 g/mol. The third-order valence-electron chi connectivity index (χ3n) is 3.56. The van der Waals surface area contributed by atoms with Crippen LogP contribution in [0.3, 0.4) is 0 Å². The molecule has 0 atom stereocenters. The van der Waals surface area contributed by atoms with Gasteiger partial charge in [-0.25, -0.2) is 4.79 Å². The molecule has 0 unspecified atom stereocenters. The van der Waals surface area contributed by atoms with Crippen LogP contribution in [0.5, 0.6) is 5.75 Å². The van der Waals surface area contributed by atoms with Crippen LogP contribution in [0.25, 0.3) is 17.1 Å². The van der Waals surface area contributed by atoms with Crippen LogP contribution >= 0.6 is 0 Å². The van der Waals surface area contributed by atoms with Gasteiger partial charge in [0.1, 0.15) is 17.1 Å². The van der Waals surface area contributed by atoms with E-state index >= 15 is 0 Å². The van der Waals surface area contributed by atoms with E-state index in [9.17, 15) is 4.79 Å². The van der Waals surface area contributed by atoms with E-state index in [2.05, 4.69) is 15.3 Å². The first-order valence-electron chi connectivity index (χ1n) is 7.63. The van der Waals surface area contributed by atoms with E-state index in [1.54, 1.807) is 26.2 Å². The van der Waals surface area contributed by atoms with Gasteiger partial charge in [0.15, 0.2) is 5.82 Å². The largest absolute Gasteiger partial charge is 0.497 e. The van der Waals surface area contributed by atoms with Gasteiger partial charge in [-0.05, 0) is 43.3 Å². The fourth-order valence-electron chi connectivity index (χ4n) is 2.26. The van der Waals surface area contributed by atoms with Crippen LogP contribution in [0.2, 0.25) is 0 Å². The highest BCUT2D eigenvalue weighted by atomic mass is 16.5. The van der Waals surface area contributed by atoms with Crippen LogP contribution in [0.1, 0.15) is 17.3 Å². The molecule has 0 amide bonds. The molecular formula is C17H17N5O3. The molecule has 0 fully saturated rings. The summed E-state index contributed by atoms with van der Waals surface area (Å²) in [5.74, 6) is 0.813. The maximum absolute atomic E-state index is 11.8. The maximum atomic E-state index is 11.8. The van der Waals surface area contributed by atoms with Crippen LogP contribution in [-0.2, 0) is 4.74 Å². The Morgan fingerprint density at radius 2 is 1.92 bits per heavy atom. The highest BCUT2D eigenvalue weighted by Gasteiger charge is 2.17. The van der Waals surface area contributed by atoms with Crippen molar-refractivity contribution in [2.45, 2.75) is 6.92 Å². The van der Waals surface area contributed by atoms with Crippen LogP contribution in [0, 0.1) is 0 Å². The third-order valence-corrected chi connectivity index (χ3v) is 3.56. The lowest BCUT2D eigenvalue weighted by atomic mass is 10.1. The lowest BCUT2D eigenvalue weighted by molar-refractivity contribution is 0.0527. The van der Waals surface area contributed by atoms with Crippen molar-refractivity contribution in [3.63, 3.8) is 0 Å². The molecule has 2 N–H and O–H groups in total. The van der Waals surface area contributed by atoms with Crippen molar-refractivity contribution in [3.05, 3.63) is 48.2 Å². The fraction of sp³-hybridized carbons (Fsp3) is 0.176. The number of rotatable bonds is 5.